The molecule has 1 aliphatic rings. The maximum absolute atomic E-state index is 13.2. The minimum Gasteiger partial charge on any atom is -0.316 e. The molecule has 0 aliphatic carbocycles. The Morgan fingerprint density at radius 3 is 2.66 bits per heavy atom. The van der Waals surface area contributed by atoms with Crippen LogP contribution in [-0.2, 0) is 9.59 Å². The molecule has 0 radical (unpaired) electrons. The van der Waals surface area contributed by atoms with Crippen molar-refractivity contribution in [2.75, 3.05) is 10.2 Å². The Labute approximate surface area is 177 Å². The number of amides is 2. The van der Waals surface area contributed by atoms with Gasteiger partial charge in [-0.05, 0) is 48.4 Å². The average molecular weight is 422 g/mol. The van der Waals surface area contributed by atoms with Crippen LogP contribution in [0.3, 0.4) is 0 Å². The van der Waals surface area contributed by atoms with Crippen molar-refractivity contribution in [1.29, 1.82) is 5.26 Å². The Morgan fingerprint density at radius 2 is 1.97 bits per heavy atom. The molecule has 1 aliphatic heterocycles. The molecular formula is C22H19N3O2S2. The first kappa shape index (κ1) is 19.4. The van der Waals surface area contributed by atoms with Crippen LogP contribution in [0.4, 0.5) is 10.7 Å². The molecule has 1 N–H and O–H groups in total. The van der Waals surface area contributed by atoms with Gasteiger partial charge in [-0.3, -0.25) is 9.59 Å². The highest BCUT2D eigenvalue weighted by Crippen LogP contribution is 2.42. The van der Waals surface area contributed by atoms with Gasteiger partial charge in [0.2, 0.25) is 11.8 Å². The van der Waals surface area contributed by atoms with E-state index in [1.807, 2.05) is 48.7 Å². The summed E-state index contributed by atoms with van der Waals surface area (Å²) in [4.78, 5) is 28.9. The van der Waals surface area contributed by atoms with Crippen molar-refractivity contribution in [2.24, 2.45) is 5.92 Å². The van der Waals surface area contributed by atoms with Crippen LogP contribution in [-0.4, -0.2) is 11.8 Å². The molecule has 0 unspecified atom stereocenters. The molecule has 2 amide bonds. The topological polar surface area (TPSA) is 73.2 Å². The Morgan fingerprint density at radius 1 is 1.17 bits per heavy atom. The van der Waals surface area contributed by atoms with Crippen LogP contribution >= 0.6 is 22.7 Å². The molecule has 0 bridgehead atoms. The summed E-state index contributed by atoms with van der Waals surface area (Å²) in [7, 11) is 0. The highest BCUT2D eigenvalue weighted by Gasteiger charge is 2.42. The first-order valence-corrected chi connectivity index (χ1v) is 11.0. The molecule has 3 aromatic rings. The smallest absolute Gasteiger partial charge is 0.230 e. The van der Waals surface area contributed by atoms with Crippen LogP contribution in [0.15, 0.2) is 53.2 Å². The summed E-state index contributed by atoms with van der Waals surface area (Å²) in [6.07, 6.45) is 0.784. The van der Waals surface area contributed by atoms with Crippen molar-refractivity contribution in [3.63, 3.8) is 0 Å². The molecule has 1 saturated heterocycles. The summed E-state index contributed by atoms with van der Waals surface area (Å²) in [6.45, 7) is 2.00. The van der Waals surface area contributed by atoms with Gasteiger partial charge in [-0.15, -0.1) is 22.7 Å². The zero-order valence-corrected chi connectivity index (χ0v) is 17.4. The lowest BCUT2D eigenvalue weighted by atomic mass is 9.86. The number of piperidine rings is 1. The quantitative estimate of drug-likeness (QED) is 0.636. The number of hydrogen-bond acceptors (Lipinski definition) is 5. The van der Waals surface area contributed by atoms with Crippen LogP contribution in [0.1, 0.15) is 34.9 Å². The van der Waals surface area contributed by atoms with Crippen LogP contribution in [0.5, 0.6) is 0 Å². The van der Waals surface area contributed by atoms with Gasteiger partial charge < -0.3 is 10.2 Å². The second-order valence-corrected chi connectivity index (χ2v) is 8.86. The molecule has 1 aromatic carbocycles. The van der Waals surface area contributed by atoms with E-state index in [4.69, 9.17) is 0 Å². The van der Waals surface area contributed by atoms with E-state index in [-0.39, 0.29) is 17.9 Å². The number of carbonyl (C=O) groups excluding carboxylic acids is 2. The normalized spacial score (nSPS) is 19.0. The minimum atomic E-state index is -0.402. The molecule has 29 heavy (non-hydrogen) atoms. The number of anilines is 2. The van der Waals surface area contributed by atoms with E-state index in [0.717, 1.165) is 16.1 Å². The average Bonchev–Trinajstić information content (AvgIpc) is 3.40. The van der Waals surface area contributed by atoms with Gasteiger partial charge in [-0.1, -0.05) is 23.8 Å². The number of hydrogen-bond donors (Lipinski definition) is 1. The fourth-order valence-corrected chi connectivity index (χ4v) is 5.28. The van der Waals surface area contributed by atoms with E-state index >= 15 is 0 Å². The number of nitrogens with zero attached hydrogens (tertiary/aromatic N) is 2. The molecular weight excluding hydrogens is 402 g/mol. The first-order valence-electron chi connectivity index (χ1n) is 9.29. The first-order chi connectivity index (χ1) is 14.1. The van der Waals surface area contributed by atoms with E-state index < -0.39 is 5.92 Å². The molecule has 5 nitrogen and oxygen atoms in total. The third-order valence-corrected chi connectivity index (χ3v) is 6.88. The number of thiophene rings is 2. The fraction of sp³-hybridized carbons (Fsp3) is 0.227. The Balaban J connectivity index is 1.71. The number of nitrogens with one attached hydrogen (secondary N) is 1. The summed E-state index contributed by atoms with van der Waals surface area (Å²) >= 11 is 2.88. The maximum atomic E-state index is 13.2. The Kier molecular flexibility index (Phi) is 5.47. The lowest BCUT2D eigenvalue weighted by Gasteiger charge is -2.40. The molecule has 3 heterocycles. The Hall–Kier alpha value is -2.95. The van der Waals surface area contributed by atoms with Gasteiger partial charge in [0.25, 0.3) is 0 Å². The predicted octanol–water partition coefficient (Wildman–Crippen LogP) is 5.11. The van der Waals surface area contributed by atoms with Gasteiger partial charge in [0.1, 0.15) is 11.1 Å². The molecule has 1 fully saturated rings. The van der Waals surface area contributed by atoms with E-state index in [9.17, 15) is 14.9 Å². The van der Waals surface area contributed by atoms with Gasteiger partial charge in [0.05, 0.1) is 17.5 Å². The molecule has 7 heteroatoms. The monoisotopic (exact) mass is 421 g/mol. The van der Waals surface area contributed by atoms with Crippen molar-refractivity contribution >= 4 is 45.2 Å². The van der Waals surface area contributed by atoms with Crippen molar-refractivity contribution < 1.29 is 9.59 Å². The summed E-state index contributed by atoms with van der Waals surface area (Å²) in [5.41, 5.74) is 2.37. The second-order valence-electron chi connectivity index (χ2n) is 6.97. The second kappa shape index (κ2) is 8.19. The number of aryl methyl sites for hydroxylation is 1. The van der Waals surface area contributed by atoms with Crippen molar-refractivity contribution in [3.05, 3.63) is 69.2 Å². The molecule has 4 rings (SSSR count). The number of rotatable bonds is 4. The molecule has 146 valence electrons. The molecule has 0 spiro atoms. The van der Waals surface area contributed by atoms with Crippen LogP contribution in [0.25, 0.3) is 0 Å². The van der Waals surface area contributed by atoms with E-state index in [2.05, 4.69) is 11.4 Å². The van der Waals surface area contributed by atoms with Crippen LogP contribution in [0.2, 0.25) is 0 Å². The van der Waals surface area contributed by atoms with Gasteiger partial charge in [-0.25, -0.2) is 0 Å². The summed E-state index contributed by atoms with van der Waals surface area (Å²) < 4.78 is 0. The lowest BCUT2D eigenvalue weighted by Crippen LogP contribution is -2.46. The van der Waals surface area contributed by atoms with Crippen LogP contribution < -0.4 is 10.2 Å². The fourth-order valence-electron chi connectivity index (χ4n) is 3.66. The van der Waals surface area contributed by atoms with Crippen molar-refractivity contribution in [2.45, 2.75) is 25.8 Å². The minimum absolute atomic E-state index is 0.0186. The molecule has 0 saturated carbocycles. The van der Waals surface area contributed by atoms with Gasteiger partial charge in [0, 0.05) is 17.0 Å². The SMILES string of the molecule is Cc1ccc(N2C(=O)CC[C@@H](C(=O)Nc3sccc3C#N)[C@@H]2c2cccs2)cc1. The van der Waals surface area contributed by atoms with E-state index in [1.54, 1.807) is 27.7 Å². The zero-order valence-electron chi connectivity index (χ0n) is 15.8. The highest BCUT2D eigenvalue weighted by molar-refractivity contribution is 7.14. The summed E-state index contributed by atoms with van der Waals surface area (Å²) in [5.74, 6) is -0.543. The highest BCUT2D eigenvalue weighted by atomic mass is 32.1. The zero-order chi connectivity index (χ0) is 20.4. The molecule has 2 atom stereocenters. The number of carbonyl (C=O) groups is 2. The van der Waals surface area contributed by atoms with Gasteiger partial charge >= 0.3 is 0 Å². The van der Waals surface area contributed by atoms with E-state index in [0.29, 0.717) is 23.4 Å². The standard InChI is InChI=1S/C22H19N3O2S2/c1-14-4-6-16(7-5-14)25-19(26)9-8-17(20(25)18-3-2-11-28-18)21(27)24-22-15(13-23)10-12-29-22/h2-7,10-12,17,20H,8-9H2,1H3,(H,24,27)/t17-,20-/m1/s1. The van der Waals surface area contributed by atoms with Gasteiger partial charge in [-0.2, -0.15) is 5.26 Å². The number of benzene rings is 1. The number of nitriles is 1. The summed E-state index contributed by atoms with van der Waals surface area (Å²) in [5, 5.41) is 16.5. The third kappa shape index (κ3) is 3.82. The largest absolute Gasteiger partial charge is 0.316 e. The molecule has 2 aromatic heterocycles. The van der Waals surface area contributed by atoms with Crippen molar-refractivity contribution in [1.82, 2.24) is 0 Å². The lowest BCUT2D eigenvalue weighted by molar-refractivity contribution is -0.125. The Bertz CT molecular complexity index is 1060. The predicted molar refractivity (Wildman–Crippen MR) is 116 cm³/mol. The van der Waals surface area contributed by atoms with E-state index in [1.165, 1.54) is 11.3 Å². The van der Waals surface area contributed by atoms with Crippen LogP contribution in [0, 0.1) is 24.2 Å². The third-order valence-electron chi connectivity index (χ3n) is 5.10. The van der Waals surface area contributed by atoms with Crippen molar-refractivity contribution in [3.8, 4) is 6.07 Å². The maximum Gasteiger partial charge on any atom is 0.230 e. The van der Waals surface area contributed by atoms with Gasteiger partial charge in [0.15, 0.2) is 0 Å². The summed E-state index contributed by atoms with van der Waals surface area (Å²) in [6, 6.07) is 15.2.